The summed E-state index contributed by atoms with van der Waals surface area (Å²) in [5.41, 5.74) is -0.227. The van der Waals surface area contributed by atoms with Gasteiger partial charge in [-0.2, -0.15) is 0 Å². The van der Waals surface area contributed by atoms with Gasteiger partial charge < -0.3 is 19.9 Å². The molecule has 2 aliphatic rings. The van der Waals surface area contributed by atoms with Crippen LogP contribution in [-0.2, 0) is 17.7 Å². The Balaban J connectivity index is 1.51. The third kappa shape index (κ3) is 7.03. The first-order valence-electron chi connectivity index (χ1n) is 13.2. The van der Waals surface area contributed by atoms with Gasteiger partial charge in [0.2, 0.25) is 5.43 Å². The summed E-state index contributed by atoms with van der Waals surface area (Å²) in [5.74, 6) is -1.34. The second kappa shape index (κ2) is 12.8. The fraction of sp³-hybridized carbons (Fsp3) is 0.536. The van der Waals surface area contributed by atoms with E-state index in [9.17, 15) is 18.8 Å². The molecule has 1 atom stereocenters. The molecule has 8 heteroatoms. The van der Waals surface area contributed by atoms with Crippen LogP contribution in [0.15, 0.2) is 41.5 Å². The van der Waals surface area contributed by atoms with Gasteiger partial charge in [0, 0.05) is 38.1 Å². The summed E-state index contributed by atoms with van der Waals surface area (Å²) < 4.78 is 21.4. The zero-order chi connectivity index (χ0) is 25.3. The van der Waals surface area contributed by atoms with E-state index in [4.69, 9.17) is 4.74 Å². The quantitative estimate of drug-likeness (QED) is 0.577. The molecule has 4 rings (SSSR count). The van der Waals surface area contributed by atoms with Crippen LogP contribution in [0.3, 0.4) is 0 Å². The first kappa shape index (κ1) is 26.1. The maximum atomic E-state index is 13.9. The van der Waals surface area contributed by atoms with E-state index in [1.807, 2.05) is 0 Å². The first-order valence-corrected chi connectivity index (χ1v) is 13.2. The van der Waals surface area contributed by atoms with Crippen LogP contribution in [0.1, 0.15) is 84.1 Å². The van der Waals surface area contributed by atoms with Crippen molar-refractivity contribution in [2.75, 3.05) is 13.2 Å². The maximum absolute atomic E-state index is 13.9. The van der Waals surface area contributed by atoms with Crippen molar-refractivity contribution in [2.24, 2.45) is 0 Å². The zero-order valence-electron chi connectivity index (χ0n) is 20.8. The average molecular weight is 498 g/mol. The SMILES string of the molecule is O=C(NCCc1ccccc1F)c1cn(CC2CCCO2)cc(C(=O)NC2CCCCCCC2)c1=O. The summed E-state index contributed by atoms with van der Waals surface area (Å²) in [6.07, 6.45) is 12.6. The zero-order valence-corrected chi connectivity index (χ0v) is 20.8. The Morgan fingerprint density at radius 2 is 1.64 bits per heavy atom. The molecule has 2 fully saturated rings. The number of hydrogen-bond donors (Lipinski definition) is 2. The lowest BCUT2D eigenvalue weighted by Crippen LogP contribution is -2.40. The number of nitrogens with one attached hydrogen (secondary N) is 2. The lowest BCUT2D eigenvalue weighted by molar-refractivity contribution is 0.0914. The molecule has 0 spiro atoms. The van der Waals surface area contributed by atoms with Crippen LogP contribution in [0.4, 0.5) is 4.39 Å². The molecule has 2 amide bonds. The number of hydrogen-bond acceptors (Lipinski definition) is 4. The van der Waals surface area contributed by atoms with Crippen molar-refractivity contribution < 1.29 is 18.7 Å². The molecule has 1 aromatic heterocycles. The normalized spacial score (nSPS) is 18.9. The van der Waals surface area contributed by atoms with Gasteiger partial charge in [0.25, 0.3) is 11.8 Å². The molecule has 1 aliphatic carbocycles. The predicted octanol–water partition coefficient (Wildman–Crippen LogP) is 3.98. The predicted molar refractivity (Wildman–Crippen MR) is 136 cm³/mol. The van der Waals surface area contributed by atoms with Crippen LogP contribution in [0, 0.1) is 5.82 Å². The molecule has 0 bridgehead atoms. The largest absolute Gasteiger partial charge is 0.376 e. The topological polar surface area (TPSA) is 89.4 Å². The molecule has 2 heterocycles. The summed E-state index contributed by atoms with van der Waals surface area (Å²) >= 11 is 0. The van der Waals surface area contributed by atoms with Crippen LogP contribution in [-0.4, -0.2) is 41.7 Å². The molecule has 7 nitrogen and oxygen atoms in total. The summed E-state index contributed by atoms with van der Waals surface area (Å²) in [6, 6.07) is 6.42. The van der Waals surface area contributed by atoms with Gasteiger partial charge in [-0.05, 0) is 43.7 Å². The molecule has 1 unspecified atom stereocenters. The number of ether oxygens (including phenoxy) is 1. The number of halogens is 1. The monoisotopic (exact) mass is 497 g/mol. The Bertz CT molecular complexity index is 1100. The second-order valence-corrected chi connectivity index (χ2v) is 9.86. The van der Waals surface area contributed by atoms with E-state index in [0.29, 0.717) is 25.1 Å². The third-order valence-electron chi connectivity index (χ3n) is 7.08. The van der Waals surface area contributed by atoms with E-state index in [0.717, 1.165) is 51.4 Å². The summed E-state index contributed by atoms with van der Waals surface area (Å²) in [6.45, 7) is 1.31. The van der Waals surface area contributed by atoms with Gasteiger partial charge >= 0.3 is 0 Å². The number of nitrogens with zero attached hydrogens (tertiary/aromatic N) is 1. The average Bonchev–Trinajstić information content (AvgIpc) is 3.36. The fourth-order valence-corrected chi connectivity index (χ4v) is 5.05. The standard InChI is InChI=1S/C28H36FN3O4/c29-25-13-7-6-9-20(25)14-15-30-27(34)23-18-32(17-22-12-8-16-36-22)19-24(26(23)33)28(35)31-21-10-4-2-1-3-5-11-21/h6-7,9,13,18-19,21-22H,1-5,8,10-12,14-17H2,(H,30,34)(H,31,35). The van der Waals surface area contributed by atoms with Crippen LogP contribution >= 0.6 is 0 Å². The minimum absolute atomic E-state index is 0.0222. The van der Waals surface area contributed by atoms with E-state index < -0.39 is 17.2 Å². The van der Waals surface area contributed by atoms with Gasteiger partial charge in [-0.3, -0.25) is 14.4 Å². The van der Waals surface area contributed by atoms with Crippen molar-refractivity contribution in [2.45, 2.75) is 82.9 Å². The molecule has 1 saturated heterocycles. The number of rotatable bonds is 8. The Morgan fingerprint density at radius 1 is 0.944 bits per heavy atom. The van der Waals surface area contributed by atoms with Gasteiger partial charge in [-0.1, -0.05) is 50.3 Å². The van der Waals surface area contributed by atoms with Crippen molar-refractivity contribution in [1.29, 1.82) is 0 Å². The maximum Gasteiger partial charge on any atom is 0.256 e. The highest BCUT2D eigenvalue weighted by molar-refractivity contribution is 5.99. The highest BCUT2D eigenvalue weighted by Crippen LogP contribution is 2.18. The summed E-state index contributed by atoms with van der Waals surface area (Å²) in [5, 5.41) is 5.76. The summed E-state index contributed by atoms with van der Waals surface area (Å²) in [7, 11) is 0. The van der Waals surface area contributed by atoms with Crippen LogP contribution in [0.5, 0.6) is 0 Å². The van der Waals surface area contributed by atoms with E-state index in [1.54, 1.807) is 29.0 Å². The lowest BCUT2D eigenvalue weighted by Gasteiger charge is -2.21. The van der Waals surface area contributed by atoms with Gasteiger partial charge in [-0.15, -0.1) is 0 Å². The van der Waals surface area contributed by atoms with Gasteiger partial charge in [0.15, 0.2) is 0 Å². The van der Waals surface area contributed by atoms with Gasteiger partial charge in [0.1, 0.15) is 16.9 Å². The van der Waals surface area contributed by atoms with Crippen molar-refractivity contribution in [3.63, 3.8) is 0 Å². The molecule has 1 aromatic carbocycles. The summed E-state index contributed by atoms with van der Waals surface area (Å²) in [4.78, 5) is 39.5. The third-order valence-corrected chi connectivity index (χ3v) is 7.08. The van der Waals surface area contributed by atoms with E-state index in [-0.39, 0.29) is 35.6 Å². The highest BCUT2D eigenvalue weighted by Gasteiger charge is 2.23. The first-order chi connectivity index (χ1) is 17.5. The Morgan fingerprint density at radius 3 is 2.33 bits per heavy atom. The molecule has 2 N–H and O–H groups in total. The number of amides is 2. The number of benzene rings is 1. The van der Waals surface area contributed by atoms with E-state index in [2.05, 4.69) is 10.6 Å². The second-order valence-electron chi connectivity index (χ2n) is 9.86. The molecule has 0 radical (unpaired) electrons. The highest BCUT2D eigenvalue weighted by atomic mass is 19.1. The van der Waals surface area contributed by atoms with E-state index in [1.165, 1.54) is 18.7 Å². The fourth-order valence-electron chi connectivity index (χ4n) is 5.05. The molecule has 1 saturated carbocycles. The Labute approximate surface area is 211 Å². The van der Waals surface area contributed by atoms with Crippen molar-refractivity contribution in [3.8, 4) is 0 Å². The smallest absolute Gasteiger partial charge is 0.256 e. The van der Waals surface area contributed by atoms with Crippen molar-refractivity contribution >= 4 is 11.8 Å². The number of pyridine rings is 1. The Hall–Kier alpha value is -3.00. The lowest BCUT2D eigenvalue weighted by atomic mass is 9.96. The molecular weight excluding hydrogens is 461 g/mol. The van der Waals surface area contributed by atoms with Gasteiger partial charge in [-0.25, -0.2) is 4.39 Å². The van der Waals surface area contributed by atoms with Crippen molar-refractivity contribution in [1.82, 2.24) is 15.2 Å². The molecule has 1 aliphatic heterocycles. The van der Waals surface area contributed by atoms with Crippen LogP contribution < -0.4 is 16.1 Å². The number of carbonyl (C=O) groups excluding carboxylic acids is 2. The molecule has 194 valence electrons. The van der Waals surface area contributed by atoms with Gasteiger partial charge in [0.05, 0.1) is 6.10 Å². The molecular formula is C28H36FN3O4. The van der Waals surface area contributed by atoms with E-state index >= 15 is 0 Å². The van der Waals surface area contributed by atoms with Crippen molar-refractivity contribution in [3.05, 3.63) is 69.4 Å². The van der Waals surface area contributed by atoms with Crippen LogP contribution in [0.2, 0.25) is 0 Å². The number of carbonyl (C=O) groups is 2. The van der Waals surface area contributed by atoms with Crippen LogP contribution in [0.25, 0.3) is 0 Å². The Kier molecular flexibility index (Phi) is 9.28. The minimum Gasteiger partial charge on any atom is -0.376 e. The molecule has 36 heavy (non-hydrogen) atoms. The number of aromatic nitrogens is 1. The minimum atomic E-state index is -0.592. The molecule has 2 aromatic rings.